The van der Waals surface area contributed by atoms with E-state index in [4.69, 9.17) is 16.3 Å². The number of aromatic nitrogens is 3. The SMILES string of the molecule is COc1cc(Cl)cn2cnnc12. The zero-order valence-corrected chi connectivity index (χ0v) is 7.12. The second-order valence-corrected chi connectivity index (χ2v) is 2.72. The first-order valence-corrected chi connectivity index (χ1v) is 3.72. The zero-order chi connectivity index (χ0) is 8.55. The standard InChI is InChI=1S/C7H6ClN3O/c1-12-6-2-5(8)3-11-4-9-10-7(6)11/h2-4H,1H3. The molecule has 0 saturated heterocycles. The lowest BCUT2D eigenvalue weighted by Gasteiger charge is -2.00. The Bertz CT molecular complexity index is 412. The molecule has 2 rings (SSSR count). The highest BCUT2D eigenvalue weighted by molar-refractivity contribution is 6.30. The summed E-state index contributed by atoms with van der Waals surface area (Å²) in [5, 5.41) is 8.18. The Kier molecular flexibility index (Phi) is 1.62. The van der Waals surface area contributed by atoms with Gasteiger partial charge in [-0.15, -0.1) is 10.2 Å². The minimum atomic E-state index is 0.596. The molecule has 0 radical (unpaired) electrons. The molecule has 0 spiro atoms. The summed E-state index contributed by atoms with van der Waals surface area (Å²) in [6.45, 7) is 0. The predicted molar refractivity (Wildman–Crippen MR) is 44.5 cm³/mol. The Morgan fingerprint density at radius 2 is 2.42 bits per heavy atom. The lowest BCUT2D eigenvalue weighted by molar-refractivity contribution is 0.417. The van der Waals surface area contributed by atoms with Gasteiger partial charge in [0.25, 0.3) is 0 Å². The van der Waals surface area contributed by atoms with Gasteiger partial charge in [0.15, 0.2) is 5.75 Å². The van der Waals surface area contributed by atoms with E-state index in [0.717, 1.165) is 0 Å². The van der Waals surface area contributed by atoms with Crippen molar-refractivity contribution in [2.75, 3.05) is 7.11 Å². The Morgan fingerprint density at radius 1 is 1.58 bits per heavy atom. The van der Waals surface area contributed by atoms with Crippen molar-refractivity contribution >= 4 is 17.2 Å². The average molecular weight is 184 g/mol. The molecule has 2 heterocycles. The van der Waals surface area contributed by atoms with Crippen LogP contribution in [0.4, 0.5) is 0 Å². The van der Waals surface area contributed by atoms with Gasteiger partial charge < -0.3 is 4.74 Å². The molecule has 0 aliphatic rings. The van der Waals surface area contributed by atoms with E-state index in [0.29, 0.717) is 16.4 Å². The predicted octanol–water partition coefficient (Wildman–Crippen LogP) is 1.39. The van der Waals surface area contributed by atoms with Crippen LogP contribution in [0, 0.1) is 0 Å². The molecule has 0 unspecified atom stereocenters. The summed E-state index contributed by atoms with van der Waals surface area (Å²) in [5.41, 5.74) is 0.668. The lowest BCUT2D eigenvalue weighted by Crippen LogP contribution is -1.89. The van der Waals surface area contributed by atoms with E-state index in [2.05, 4.69) is 10.2 Å². The Labute approximate surface area is 73.7 Å². The first kappa shape index (κ1) is 7.36. The topological polar surface area (TPSA) is 39.4 Å². The number of nitrogens with zero attached hydrogens (tertiary/aromatic N) is 3. The summed E-state index contributed by atoms with van der Waals surface area (Å²) in [4.78, 5) is 0. The maximum atomic E-state index is 5.80. The maximum absolute atomic E-state index is 5.80. The van der Waals surface area contributed by atoms with Crippen LogP contribution >= 0.6 is 11.6 Å². The molecule has 0 amide bonds. The van der Waals surface area contributed by atoms with Crippen LogP contribution in [0.1, 0.15) is 0 Å². The molecule has 0 atom stereocenters. The normalized spacial score (nSPS) is 10.5. The van der Waals surface area contributed by atoms with Crippen LogP contribution < -0.4 is 4.74 Å². The zero-order valence-electron chi connectivity index (χ0n) is 6.36. The van der Waals surface area contributed by atoms with Gasteiger partial charge in [0.2, 0.25) is 5.65 Å². The minimum absolute atomic E-state index is 0.596. The number of fused-ring (bicyclic) bond motifs is 1. The molecular weight excluding hydrogens is 178 g/mol. The molecule has 0 aliphatic heterocycles. The average Bonchev–Trinajstić information content (AvgIpc) is 2.50. The van der Waals surface area contributed by atoms with E-state index < -0.39 is 0 Å². The Hall–Kier alpha value is -1.29. The summed E-state index contributed by atoms with van der Waals surface area (Å²) in [6.07, 6.45) is 3.29. The summed E-state index contributed by atoms with van der Waals surface area (Å²) in [7, 11) is 1.57. The van der Waals surface area contributed by atoms with Crippen molar-refractivity contribution in [3.63, 3.8) is 0 Å². The van der Waals surface area contributed by atoms with Gasteiger partial charge in [-0.25, -0.2) is 0 Å². The molecule has 0 aliphatic carbocycles. The minimum Gasteiger partial charge on any atom is -0.493 e. The summed E-state index contributed by atoms with van der Waals surface area (Å²) < 4.78 is 6.77. The first-order valence-electron chi connectivity index (χ1n) is 3.34. The van der Waals surface area contributed by atoms with Gasteiger partial charge in [0.05, 0.1) is 12.1 Å². The number of rotatable bonds is 1. The quantitative estimate of drug-likeness (QED) is 0.671. The molecule has 0 aromatic carbocycles. The number of methoxy groups -OCH3 is 1. The monoisotopic (exact) mass is 183 g/mol. The molecule has 2 aromatic rings. The highest BCUT2D eigenvalue weighted by atomic mass is 35.5. The third-order valence-corrected chi connectivity index (χ3v) is 1.75. The van der Waals surface area contributed by atoms with E-state index in [-0.39, 0.29) is 0 Å². The molecule has 5 heteroatoms. The number of halogens is 1. The molecule has 0 N–H and O–H groups in total. The second-order valence-electron chi connectivity index (χ2n) is 2.29. The Balaban J connectivity index is 2.80. The van der Waals surface area contributed by atoms with E-state index in [9.17, 15) is 0 Å². The van der Waals surface area contributed by atoms with Crippen molar-refractivity contribution < 1.29 is 4.74 Å². The van der Waals surface area contributed by atoms with Gasteiger partial charge >= 0.3 is 0 Å². The fourth-order valence-electron chi connectivity index (χ4n) is 1.02. The van der Waals surface area contributed by atoms with Crippen LogP contribution in [-0.2, 0) is 0 Å². The fourth-order valence-corrected chi connectivity index (χ4v) is 1.23. The van der Waals surface area contributed by atoms with Crippen LogP contribution in [-0.4, -0.2) is 21.7 Å². The van der Waals surface area contributed by atoms with Crippen LogP contribution in [0.3, 0.4) is 0 Å². The van der Waals surface area contributed by atoms with Crippen LogP contribution in [0.2, 0.25) is 5.02 Å². The van der Waals surface area contributed by atoms with Gasteiger partial charge in [-0.05, 0) is 0 Å². The second kappa shape index (κ2) is 2.64. The number of ether oxygens (including phenoxy) is 1. The first-order chi connectivity index (χ1) is 5.81. The Morgan fingerprint density at radius 3 is 3.17 bits per heavy atom. The molecule has 4 nitrogen and oxygen atoms in total. The summed E-state index contributed by atoms with van der Waals surface area (Å²) >= 11 is 5.80. The largest absolute Gasteiger partial charge is 0.493 e. The van der Waals surface area contributed by atoms with E-state index >= 15 is 0 Å². The van der Waals surface area contributed by atoms with Crippen molar-refractivity contribution in [1.29, 1.82) is 0 Å². The number of hydrogen-bond donors (Lipinski definition) is 0. The molecule has 0 bridgehead atoms. The van der Waals surface area contributed by atoms with Crippen LogP contribution in [0.15, 0.2) is 18.6 Å². The van der Waals surface area contributed by atoms with E-state index in [1.54, 1.807) is 30.1 Å². The van der Waals surface area contributed by atoms with Crippen LogP contribution in [0.25, 0.3) is 5.65 Å². The van der Waals surface area contributed by atoms with Crippen molar-refractivity contribution in [3.05, 3.63) is 23.6 Å². The lowest BCUT2D eigenvalue weighted by atomic mass is 10.4. The molecule has 2 aromatic heterocycles. The smallest absolute Gasteiger partial charge is 0.203 e. The highest BCUT2D eigenvalue weighted by Crippen LogP contribution is 2.21. The number of hydrogen-bond acceptors (Lipinski definition) is 3. The van der Waals surface area contributed by atoms with Gasteiger partial charge in [-0.2, -0.15) is 0 Å². The summed E-state index contributed by atoms with van der Waals surface area (Å²) in [5.74, 6) is 0.625. The van der Waals surface area contributed by atoms with Crippen molar-refractivity contribution in [2.45, 2.75) is 0 Å². The molecule has 0 saturated carbocycles. The van der Waals surface area contributed by atoms with Crippen LogP contribution in [0.5, 0.6) is 5.75 Å². The van der Waals surface area contributed by atoms with E-state index in [1.807, 2.05) is 0 Å². The highest BCUT2D eigenvalue weighted by Gasteiger charge is 2.04. The number of pyridine rings is 1. The summed E-state index contributed by atoms with van der Waals surface area (Å²) in [6, 6.07) is 1.70. The van der Waals surface area contributed by atoms with E-state index in [1.165, 1.54) is 0 Å². The van der Waals surface area contributed by atoms with Gasteiger partial charge in [-0.1, -0.05) is 11.6 Å². The fraction of sp³-hybridized carbons (Fsp3) is 0.143. The third kappa shape index (κ3) is 1.00. The van der Waals surface area contributed by atoms with Crippen molar-refractivity contribution in [3.8, 4) is 5.75 Å². The molecule has 62 valence electrons. The molecular formula is C7H6ClN3O. The van der Waals surface area contributed by atoms with Crippen molar-refractivity contribution in [2.24, 2.45) is 0 Å². The maximum Gasteiger partial charge on any atom is 0.203 e. The molecule has 12 heavy (non-hydrogen) atoms. The third-order valence-electron chi connectivity index (χ3n) is 1.54. The van der Waals surface area contributed by atoms with Crippen molar-refractivity contribution in [1.82, 2.24) is 14.6 Å². The van der Waals surface area contributed by atoms with Gasteiger partial charge in [-0.3, -0.25) is 4.40 Å². The van der Waals surface area contributed by atoms with Gasteiger partial charge in [0.1, 0.15) is 6.33 Å². The molecule has 0 fully saturated rings. The van der Waals surface area contributed by atoms with Gasteiger partial charge in [0, 0.05) is 12.3 Å².